The number of rotatable bonds is 11. The van der Waals surface area contributed by atoms with Gasteiger partial charge in [0.25, 0.3) is 0 Å². The number of hydrogen-bond acceptors (Lipinski definition) is 5. The highest BCUT2D eigenvalue weighted by molar-refractivity contribution is 7.98. The molecule has 0 aromatic carbocycles. The van der Waals surface area contributed by atoms with Gasteiger partial charge < -0.3 is 10.6 Å². The zero-order chi connectivity index (χ0) is 14.6. The quantitative estimate of drug-likeness (QED) is 0.608. The summed E-state index contributed by atoms with van der Waals surface area (Å²) in [6.45, 7) is 3.14. The molecular formula is C15H28N4S. The molecule has 0 fully saturated rings. The van der Waals surface area contributed by atoms with Gasteiger partial charge in [-0.25, -0.2) is 9.97 Å². The van der Waals surface area contributed by atoms with Crippen LogP contribution in [0.2, 0.25) is 0 Å². The van der Waals surface area contributed by atoms with E-state index in [1.165, 1.54) is 31.4 Å². The van der Waals surface area contributed by atoms with Gasteiger partial charge in [0.05, 0.1) is 0 Å². The summed E-state index contributed by atoms with van der Waals surface area (Å²) in [5.41, 5.74) is 0. The van der Waals surface area contributed by atoms with Crippen molar-refractivity contribution in [1.82, 2.24) is 9.97 Å². The lowest BCUT2D eigenvalue weighted by Crippen LogP contribution is -2.08. The summed E-state index contributed by atoms with van der Waals surface area (Å²) >= 11 is 1.93. The van der Waals surface area contributed by atoms with Crippen LogP contribution in [-0.2, 0) is 6.42 Å². The third-order valence-corrected chi connectivity index (χ3v) is 3.78. The minimum absolute atomic E-state index is 0.894. The Labute approximate surface area is 127 Å². The van der Waals surface area contributed by atoms with Crippen molar-refractivity contribution in [3.05, 3.63) is 11.9 Å². The Bertz CT molecular complexity index is 371. The lowest BCUT2D eigenvalue weighted by molar-refractivity contribution is 0.688. The number of aryl methyl sites for hydroxylation is 1. The second-order valence-electron chi connectivity index (χ2n) is 4.89. The third-order valence-electron chi connectivity index (χ3n) is 3.08. The fourth-order valence-electron chi connectivity index (χ4n) is 1.99. The maximum Gasteiger partial charge on any atom is 0.133 e. The topological polar surface area (TPSA) is 49.8 Å². The molecule has 0 atom stereocenters. The summed E-state index contributed by atoms with van der Waals surface area (Å²) in [7, 11) is 1.90. The molecule has 0 spiro atoms. The molecule has 0 unspecified atom stereocenters. The number of aromatic nitrogens is 2. The van der Waals surface area contributed by atoms with E-state index in [0.717, 1.165) is 36.8 Å². The highest BCUT2D eigenvalue weighted by Crippen LogP contribution is 2.12. The molecule has 20 heavy (non-hydrogen) atoms. The number of nitrogens with zero attached hydrogens (tertiary/aromatic N) is 2. The largest absolute Gasteiger partial charge is 0.373 e. The molecule has 0 saturated heterocycles. The smallest absolute Gasteiger partial charge is 0.133 e. The molecule has 1 aromatic rings. The standard InChI is InChI=1S/C15H28N4S/c1-4-9-13-18-14(16-2)12-15(19-13)17-10-7-5-6-8-11-20-3/h12H,4-11H2,1-3H3,(H2,16,17,18,19). The second kappa shape index (κ2) is 10.8. The zero-order valence-corrected chi connectivity index (χ0v) is 13.9. The summed E-state index contributed by atoms with van der Waals surface area (Å²) < 4.78 is 0. The van der Waals surface area contributed by atoms with Gasteiger partial charge in [0.2, 0.25) is 0 Å². The molecule has 114 valence electrons. The Hall–Kier alpha value is -0.970. The lowest BCUT2D eigenvalue weighted by Gasteiger charge is -2.09. The van der Waals surface area contributed by atoms with Gasteiger partial charge >= 0.3 is 0 Å². The number of thioether (sulfide) groups is 1. The molecule has 0 amide bonds. The van der Waals surface area contributed by atoms with E-state index in [1.807, 2.05) is 24.9 Å². The van der Waals surface area contributed by atoms with Crippen LogP contribution < -0.4 is 10.6 Å². The van der Waals surface area contributed by atoms with Crippen LogP contribution in [0.1, 0.15) is 44.9 Å². The fourth-order valence-corrected chi connectivity index (χ4v) is 2.49. The number of hydrogen-bond donors (Lipinski definition) is 2. The van der Waals surface area contributed by atoms with Gasteiger partial charge in [-0.15, -0.1) is 0 Å². The third kappa shape index (κ3) is 6.98. The van der Waals surface area contributed by atoms with Gasteiger partial charge in [0.1, 0.15) is 17.5 Å². The van der Waals surface area contributed by atoms with Crippen molar-refractivity contribution in [2.75, 3.05) is 36.2 Å². The molecule has 0 aliphatic rings. The first-order valence-corrected chi connectivity index (χ1v) is 8.98. The average molecular weight is 296 g/mol. The highest BCUT2D eigenvalue weighted by atomic mass is 32.2. The molecule has 1 heterocycles. The van der Waals surface area contributed by atoms with Crippen LogP contribution in [0.5, 0.6) is 0 Å². The van der Waals surface area contributed by atoms with Crippen molar-refractivity contribution in [3.63, 3.8) is 0 Å². The van der Waals surface area contributed by atoms with E-state index in [-0.39, 0.29) is 0 Å². The van der Waals surface area contributed by atoms with E-state index in [2.05, 4.69) is 33.8 Å². The van der Waals surface area contributed by atoms with Gasteiger partial charge in [-0.3, -0.25) is 0 Å². The molecule has 2 N–H and O–H groups in total. The van der Waals surface area contributed by atoms with Crippen molar-refractivity contribution < 1.29 is 0 Å². The molecule has 5 heteroatoms. The van der Waals surface area contributed by atoms with Crippen LogP contribution in [0.3, 0.4) is 0 Å². The first kappa shape index (κ1) is 17.1. The molecule has 0 bridgehead atoms. The van der Waals surface area contributed by atoms with Crippen LogP contribution in [-0.4, -0.2) is 35.6 Å². The lowest BCUT2D eigenvalue weighted by atomic mass is 10.2. The van der Waals surface area contributed by atoms with Gasteiger partial charge in [-0.1, -0.05) is 19.8 Å². The Morgan fingerprint density at radius 2 is 1.85 bits per heavy atom. The maximum absolute atomic E-state index is 4.55. The number of unbranched alkanes of at least 4 members (excludes halogenated alkanes) is 3. The molecule has 1 rings (SSSR count). The molecule has 4 nitrogen and oxygen atoms in total. The molecule has 0 aliphatic heterocycles. The summed E-state index contributed by atoms with van der Waals surface area (Å²) in [5.74, 6) is 4.04. The minimum atomic E-state index is 0.894. The Balaban J connectivity index is 2.33. The van der Waals surface area contributed by atoms with Crippen molar-refractivity contribution in [3.8, 4) is 0 Å². The molecule has 0 saturated carbocycles. The summed E-state index contributed by atoms with van der Waals surface area (Å²) in [4.78, 5) is 9.01. The van der Waals surface area contributed by atoms with Crippen LogP contribution in [0, 0.1) is 0 Å². The van der Waals surface area contributed by atoms with Crippen LogP contribution in [0.4, 0.5) is 11.6 Å². The Kier molecular flexibility index (Phi) is 9.20. The van der Waals surface area contributed by atoms with Gasteiger partial charge in [0.15, 0.2) is 0 Å². The Morgan fingerprint density at radius 1 is 1.10 bits per heavy atom. The first-order chi connectivity index (χ1) is 9.80. The molecule has 1 aromatic heterocycles. The van der Waals surface area contributed by atoms with Crippen LogP contribution >= 0.6 is 11.8 Å². The fraction of sp³-hybridized carbons (Fsp3) is 0.733. The van der Waals surface area contributed by atoms with Crippen molar-refractivity contribution in [2.45, 2.75) is 45.4 Å². The van der Waals surface area contributed by atoms with Gasteiger partial charge in [-0.2, -0.15) is 11.8 Å². The van der Waals surface area contributed by atoms with Gasteiger partial charge in [0, 0.05) is 26.1 Å². The summed E-state index contributed by atoms with van der Waals surface area (Å²) in [5, 5.41) is 6.51. The first-order valence-electron chi connectivity index (χ1n) is 7.58. The minimum Gasteiger partial charge on any atom is -0.373 e. The van der Waals surface area contributed by atoms with E-state index < -0.39 is 0 Å². The van der Waals surface area contributed by atoms with E-state index in [4.69, 9.17) is 0 Å². The van der Waals surface area contributed by atoms with Gasteiger partial charge in [-0.05, 0) is 31.3 Å². The normalized spacial score (nSPS) is 10.6. The predicted octanol–water partition coefficient (Wildman–Crippen LogP) is 3.81. The van der Waals surface area contributed by atoms with Crippen molar-refractivity contribution in [2.24, 2.45) is 0 Å². The van der Waals surface area contributed by atoms with E-state index in [1.54, 1.807) is 0 Å². The predicted molar refractivity (Wildman–Crippen MR) is 90.9 cm³/mol. The van der Waals surface area contributed by atoms with E-state index >= 15 is 0 Å². The molecular weight excluding hydrogens is 268 g/mol. The summed E-state index contributed by atoms with van der Waals surface area (Å²) in [6, 6.07) is 1.98. The number of nitrogens with one attached hydrogen (secondary N) is 2. The average Bonchev–Trinajstić information content (AvgIpc) is 2.46. The van der Waals surface area contributed by atoms with E-state index in [0.29, 0.717) is 0 Å². The maximum atomic E-state index is 4.55. The summed E-state index contributed by atoms with van der Waals surface area (Å²) in [6.07, 6.45) is 9.33. The van der Waals surface area contributed by atoms with Crippen molar-refractivity contribution >= 4 is 23.4 Å². The zero-order valence-electron chi connectivity index (χ0n) is 13.0. The second-order valence-corrected chi connectivity index (χ2v) is 5.87. The molecule has 0 aliphatic carbocycles. The van der Waals surface area contributed by atoms with E-state index in [9.17, 15) is 0 Å². The van der Waals surface area contributed by atoms with Crippen LogP contribution in [0.25, 0.3) is 0 Å². The monoisotopic (exact) mass is 296 g/mol. The van der Waals surface area contributed by atoms with Crippen LogP contribution in [0.15, 0.2) is 6.07 Å². The van der Waals surface area contributed by atoms with Crippen molar-refractivity contribution in [1.29, 1.82) is 0 Å². The number of anilines is 2. The molecule has 0 radical (unpaired) electrons. The highest BCUT2D eigenvalue weighted by Gasteiger charge is 2.02. The SMILES string of the molecule is CCCc1nc(NC)cc(NCCCCCCSC)n1. The Morgan fingerprint density at radius 3 is 2.55 bits per heavy atom.